The maximum atomic E-state index is 13.0. The molecule has 1 aromatic heterocycles. The smallest absolute Gasteiger partial charge is 0.328 e. The Morgan fingerprint density at radius 2 is 2.05 bits per heavy atom. The predicted octanol–water partition coefficient (Wildman–Crippen LogP) is 1.67. The molecular formula is C16H23N3O3. The van der Waals surface area contributed by atoms with Crippen LogP contribution in [0.1, 0.15) is 48.2 Å². The standard InChI is InChI=1S/C16H23N3O3/c1-10-12(9-17-18(10)2)15(20)19-13-7-5-4-6-11(13)8-14(19)16(21)22-3/h9,11,13-14H,4-8H2,1-3H3/t11-,13+,14-/m0/s1. The molecule has 2 aliphatic rings. The van der Waals surface area contributed by atoms with Gasteiger partial charge in [0.2, 0.25) is 0 Å². The monoisotopic (exact) mass is 305 g/mol. The van der Waals surface area contributed by atoms with Gasteiger partial charge in [0.25, 0.3) is 5.91 Å². The first-order chi connectivity index (χ1) is 10.5. The Balaban J connectivity index is 1.94. The quantitative estimate of drug-likeness (QED) is 0.780. The van der Waals surface area contributed by atoms with Gasteiger partial charge < -0.3 is 9.64 Å². The zero-order valence-corrected chi connectivity index (χ0v) is 13.4. The Labute approximate surface area is 130 Å². The highest BCUT2D eigenvalue weighted by Crippen LogP contribution is 2.40. The molecule has 1 aromatic rings. The van der Waals surface area contributed by atoms with Crippen LogP contribution >= 0.6 is 0 Å². The molecule has 0 bridgehead atoms. The van der Waals surface area contributed by atoms with Gasteiger partial charge in [-0.25, -0.2) is 4.79 Å². The summed E-state index contributed by atoms with van der Waals surface area (Å²) in [6.45, 7) is 1.88. The van der Waals surface area contributed by atoms with E-state index in [2.05, 4.69) is 5.10 Å². The highest BCUT2D eigenvalue weighted by molar-refractivity contribution is 5.98. The first-order valence-corrected chi connectivity index (χ1v) is 7.93. The fraction of sp³-hybridized carbons (Fsp3) is 0.688. The summed E-state index contributed by atoms with van der Waals surface area (Å²) in [6.07, 6.45) is 6.69. The minimum atomic E-state index is -0.454. The number of ether oxygens (including phenoxy) is 1. The van der Waals surface area contributed by atoms with E-state index in [-0.39, 0.29) is 17.9 Å². The van der Waals surface area contributed by atoms with E-state index in [9.17, 15) is 9.59 Å². The van der Waals surface area contributed by atoms with Crippen molar-refractivity contribution in [2.75, 3.05) is 7.11 Å². The van der Waals surface area contributed by atoms with E-state index in [1.807, 2.05) is 14.0 Å². The van der Waals surface area contributed by atoms with Crippen LogP contribution in [-0.2, 0) is 16.6 Å². The second-order valence-corrected chi connectivity index (χ2v) is 6.37. The Hall–Kier alpha value is -1.85. The van der Waals surface area contributed by atoms with Crippen LogP contribution in [0.2, 0.25) is 0 Å². The van der Waals surface area contributed by atoms with E-state index in [1.54, 1.807) is 15.8 Å². The Morgan fingerprint density at radius 1 is 1.32 bits per heavy atom. The number of nitrogens with zero attached hydrogens (tertiary/aromatic N) is 3. The van der Waals surface area contributed by atoms with Gasteiger partial charge in [0.05, 0.1) is 18.9 Å². The molecule has 1 aliphatic heterocycles. The number of amides is 1. The zero-order valence-electron chi connectivity index (χ0n) is 13.4. The maximum Gasteiger partial charge on any atom is 0.328 e. The van der Waals surface area contributed by atoms with Gasteiger partial charge >= 0.3 is 5.97 Å². The lowest BCUT2D eigenvalue weighted by Crippen LogP contribution is -2.46. The van der Waals surface area contributed by atoms with Crippen LogP contribution in [0, 0.1) is 12.8 Å². The van der Waals surface area contributed by atoms with Gasteiger partial charge in [-0.3, -0.25) is 9.48 Å². The number of hydrogen-bond acceptors (Lipinski definition) is 4. The van der Waals surface area contributed by atoms with Crippen LogP contribution in [0.3, 0.4) is 0 Å². The molecule has 3 rings (SSSR count). The molecule has 1 saturated heterocycles. The molecule has 0 unspecified atom stereocenters. The Morgan fingerprint density at radius 3 is 2.68 bits per heavy atom. The van der Waals surface area contributed by atoms with Crippen LogP contribution in [0.15, 0.2) is 6.20 Å². The molecule has 0 N–H and O–H groups in total. The number of carbonyl (C=O) groups is 2. The fourth-order valence-electron chi connectivity index (χ4n) is 3.95. The van der Waals surface area contributed by atoms with E-state index in [0.29, 0.717) is 11.5 Å². The van der Waals surface area contributed by atoms with Crippen molar-refractivity contribution in [3.8, 4) is 0 Å². The molecule has 1 aliphatic carbocycles. The Kier molecular flexibility index (Phi) is 3.93. The van der Waals surface area contributed by atoms with Crippen LogP contribution in [-0.4, -0.2) is 45.8 Å². The average Bonchev–Trinajstić information content (AvgIpc) is 3.07. The van der Waals surface area contributed by atoms with Crippen LogP contribution in [0.5, 0.6) is 0 Å². The largest absolute Gasteiger partial charge is 0.467 e. The highest BCUT2D eigenvalue weighted by atomic mass is 16.5. The third kappa shape index (κ3) is 2.30. The van der Waals surface area contributed by atoms with Gasteiger partial charge in [-0.1, -0.05) is 12.8 Å². The topological polar surface area (TPSA) is 64.4 Å². The molecule has 0 radical (unpaired) electrons. The lowest BCUT2D eigenvalue weighted by Gasteiger charge is -2.33. The second-order valence-electron chi connectivity index (χ2n) is 6.37. The van der Waals surface area contributed by atoms with Crippen molar-refractivity contribution < 1.29 is 14.3 Å². The summed E-state index contributed by atoms with van der Waals surface area (Å²) in [5.41, 5.74) is 1.41. The van der Waals surface area contributed by atoms with E-state index in [1.165, 1.54) is 13.5 Å². The SMILES string of the molecule is COC(=O)[C@@H]1C[C@@H]2CCCC[C@H]2N1C(=O)c1cnn(C)c1C. The number of aromatic nitrogens is 2. The summed E-state index contributed by atoms with van der Waals surface area (Å²) in [5.74, 6) is 0.0264. The molecule has 1 amide bonds. The Bertz CT molecular complexity index is 595. The average molecular weight is 305 g/mol. The van der Waals surface area contributed by atoms with Gasteiger partial charge in [0.15, 0.2) is 0 Å². The molecule has 0 aromatic carbocycles. The molecule has 1 saturated carbocycles. The van der Waals surface area contributed by atoms with Crippen molar-refractivity contribution in [3.05, 3.63) is 17.5 Å². The van der Waals surface area contributed by atoms with E-state index < -0.39 is 6.04 Å². The minimum Gasteiger partial charge on any atom is -0.467 e. The van der Waals surface area contributed by atoms with Gasteiger partial charge in [0.1, 0.15) is 6.04 Å². The van der Waals surface area contributed by atoms with Crippen molar-refractivity contribution in [1.29, 1.82) is 0 Å². The molecule has 22 heavy (non-hydrogen) atoms. The number of esters is 1. The van der Waals surface area contributed by atoms with Crippen molar-refractivity contribution in [1.82, 2.24) is 14.7 Å². The highest BCUT2D eigenvalue weighted by Gasteiger charge is 2.48. The molecule has 6 nitrogen and oxygen atoms in total. The number of likely N-dealkylation sites (tertiary alicyclic amines) is 1. The van der Waals surface area contributed by atoms with Crippen molar-refractivity contribution in [3.63, 3.8) is 0 Å². The van der Waals surface area contributed by atoms with Gasteiger partial charge in [-0.2, -0.15) is 5.10 Å². The molecule has 3 atom stereocenters. The third-order valence-corrected chi connectivity index (χ3v) is 5.26. The number of methoxy groups -OCH3 is 1. The summed E-state index contributed by atoms with van der Waals surface area (Å²) < 4.78 is 6.63. The number of rotatable bonds is 2. The summed E-state index contributed by atoms with van der Waals surface area (Å²) >= 11 is 0. The molecule has 2 fully saturated rings. The molecule has 2 heterocycles. The lowest BCUT2D eigenvalue weighted by atomic mass is 9.84. The lowest BCUT2D eigenvalue weighted by molar-refractivity contribution is -0.145. The number of aryl methyl sites for hydroxylation is 1. The fourth-order valence-corrected chi connectivity index (χ4v) is 3.95. The zero-order chi connectivity index (χ0) is 15.9. The first kappa shape index (κ1) is 15.1. The minimum absolute atomic E-state index is 0.0876. The second kappa shape index (κ2) is 5.74. The van der Waals surface area contributed by atoms with Crippen molar-refractivity contribution >= 4 is 11.9 Å². The number of hydrogen-bond donors (Lipinski definition) is 0. The van der Waals surface area contributed by atoms with E-state index in [0.717, 1.165) is 31.4 Å². The number of carbonyl (C=O) groups excluding carboxylic acids is 2. The van der Waals surface area contributed by atoms with Gasteiger partial charge in [0, 0.05) is 18.8 Å². The number of fused-ring (bicyclic) bond motifs is 1. The van der Waals surface area contributed by atoms with Crippen LogP contribution < -0.4 is 0 Å². The maximum absolute atomic E-state index is 13.0. The summed E-state index contributed by atoms with van der Waals surface area (Å²) in [5, 5.41) is 4.16. The first-order valence-electron chi connectivity index (χ1n) is 7.93. The predicted molar refractivity (Wildman–Crippen MR) is 80.3 cm³/mol. The van der Waals surface area contributed by atoms with Crippen LogP contribution in [0.25, 0.3) is 0 Å². The molecular weight excluding hydrogens is 282 g/mol. The molecule has 120 valence electrons. The van der Waals surface area contributed by atoms with E-state index >= 15 is 0 Å². The van der Waals surface area contributed by atoms with Gasteiger partial charge in [-0.15, -0.1) is 0 Å². The van der Waals surface area contributed by atoms with Crippen molar-refractivity contribution in [2.24, 2.45) is 13.0 Å². The normalized spacial score (nSPS) is 27.6. The summed E-state index contributed by atoms with van der Waals surface area (Å²) in [4.78, 5) is 27.0. The third-order valence-electron chi connectivity index (χ3n) is 5.26. The summed E-state index contributed by atoms with van der Waals surface area (Å²) in [6, 6.07) is -0.296. The molecule has 6 heteroatoms. The van der Waals surface area contributed by atoms with Crippen LogP contribution in [0.4, 0.5) is 0 Å². The van der Waals surface area contributed by atoms with Crippen molar-refractivity contribution in [2.45, 2.75) is 51.1 Å². The van der Waals surface area contributed by atoms with Gasteiger partial charge in [-0.05, 0) is 32.1 Å². The molecule has 0 spiro atoms. The summed E-state index contributed by atoms with van der Waals surface area (Å²) in [7, 11) is 3.21. The van der Waals surface area contributed by atoms with E-state index in [4.69, 9.17) is 4.74 Å².